The van der Waals surface area contributed by atoms with E-state index in [1.54, 1.807) is 0 Å². The molecule has 1 heterocycles. The van der Waals surface area contributed by atoms with Crippen LogP contribution in [0.1, 0.15) is 155 Å². The van der Waals surface area contributed by atoms with E-state index in [4.69, 9.17) is 18.9 Å². The maximum atomic E-state index is 12.6. The molecular formula is C35H64O11. The molecule has 0 saturated carbocycles. The molecule has 46 heavy (non-hydrogen) atoms. The minimum atomic E-state index is -1.85. The van der Waals surface area contributed by atoms with Gasteiger partial charge in [0.25, 0.3) is 0 Å². The van der Waals surface area contributed by atoms with Gasteiger partial charge in [0.1, 0.15) is 24.9 Å². The number of aliphatic hydroxyl groups is 3. The number of hydrogen-bond acceptors (Lipinski definition) is 10. The minimum absolute atomic E-state index is 0.188. The summed E-state index contributed by atoms with van der Waals surface area (Å²) in [5, 5.41) is 39.5. The van der Waals surface area contributed by atoms with Crippen molar-refractivity contribution >= 4 is 17.9 Å². The highest BCUT2D eigenvalue weighted by Gasteiger charge is 2.47. The van der Waals surface area contributed by atoms with Gasteiger partial charge >= 0.3 is 17.9 Å². The molecule has 0 bridgehead atoms. The molecule has 1 aliphatic rings. The zero-order valence-corrected chi connectivity index (χ0v) is 28.6. The Morgan fingerprint density at radius 2 is 1.02 bits per heavy atom. The van der Waals surface area contributed by atoms with Gasteiger partial charge in [-0.3, -0.25) is 9.59 Å². The number of carboxylic acid groups (broad SMARTS) is 1. The molecule has 6 unspecified atom stereocenters. The first kappa shape index (κ1) is 42.2. The molecular weight excluding hydrogens is 596 g/mol. The lowest BCUT2D eigenvalue weighted by Crippen LogP contribution is -2.60. The average Bonchev–Trinajstić information content (AvgIpc) is 3.03. The molecule has 0 spiro atoms. The van der Waals surface area contributed by atoms with Crippen LogP contribution in [0.4, 0.5) is 0 Å². The Balaban J connectivity index is 2.47. The summed E-state index contributed by atoms with van der Waals surface area (Å²) in [6.07, 6.45) is 13.3. The van der Waals surface area contributed by atoms with Crippen molar-refractivity contribution in [3.05, 3.63) is 0 Å². The van der Waals surface area contributed by atoms with Gasteiger partial charge in [0, 0.05) is 12.8 Å². The number of aliphatic carboxylic acids is 1. The van der Waals surface area contributed by atoms with Gasteiger partial charge in [0.05, 0.1) is 6.61 Å². The molecule has 0 aromatic carbocycles. The third kappa shape index (κ3) is 19.8. The monoisotopic (exact) mass is 660 g/mol. The highest BCUT2D eigenvalue weighted by atomic mass is 16.7. The summed E-state index contributed by atoms with van der Waals surface area (Å²) in [4.78, 5) is 36.4. The summed E-state index contributed by atoms with van der Waals surface area (Å²) < 4.78 is 21.5. The van der Waals surface area contributed by atoms with Crippen LogP contribution in [0.2, 0.25) is 0 Å². The van der Waals surface area contributed by atoms with Crippen LogP contribution in [0.15, 0.2) is 0 Å². The van der Waals surface area contributed by atoms with Crippen molar-refractivity contribution in [1.82, 2.24) is 0 Å². The second-order valence-electron chi connectivity index (χ2n) is 12.7. The van der Waals surface area contributed by atoms with Crippen LogP contribution in [0.25, 0.3) is 0 Å². The molecule has 1 saturated heterocycles. The number of aliphatic hydroxyl groups excluding tert-OH is 3. The maximum absolute atomic E-state index is 12.6. The van der Waals surface area contributed by atoms with E-state index >= 15 is 0 Å². The Morgan fingerprint density at radius 1 is 0.587 bits per heavy atom. The Morgan fingerprint density at radius 3 is 1.48 bits per heavy atom. The summed E-state index contributed by atoms with van der Waals surface area (Å²) in [5.74, 6) is -2.44. The molecule has 0 aromatic rings. The van der Waals surface area contributed by atoms with Crippen molar-refractivity contribution in [3.63, 3.8) is 0 Å². The smallest absolute Gasteiger partial charge is 0.335 e. The Kier molecular flexibility index (Phi) is 25.0. The van der Waals surface area contributed by atoms with Gasteiger partial charge in [0.15, 0.2) is 18.5 Å². The Hall–Kier alpha value is -1.79. The summed E-state index contributed by atoms with van der Waals surface area (Å²) in [5.41, 5.74) is 0. The normalized spacial score (nSPS) is 22.0. The molecule has 1 aliphatic heterocycles. The Bertz CT molecular complexity index is 793. The average molecular weight is 661 g/mol. The van der Waals surface area contributed by atoms with Gasteiger partial charge in [-0.05, 0) is 12.8 Å². The van der Waals surface area contributed by atoms with Gasteiger partial charge in [-0.1, -0.05) is 129 Å². The predicted molar refractivity (Wildman–Crippen MR) is 174 cm³/mol. The molecule has 11 heteroatoms. The lowest BCUT2D eigenvalue weighted by molar-refractivity contribution is -0.298. The second kappa shape index (κ2) is 27.2. The van der Waals surface area contributed by atoms with Crippen LogP contribution in [-0.2, 0) is 33.3 Å². The van der Waals surface area contributed by atoms with Crippen LogP contribution in [0, 0.1) is 0 Å². The quantitative estimate of drug-likeness (QED) is 0.0551. The molecule has 0 aromatic heterocycles. The van der Waals surface area contributed by atoms with E-state index in [0.29, 0.717) is 12.8 Å². The highest BCUT2D eigenvalue weighted by molar-refractivity contribution is 5.73. The van der Waals surface area contributed by atoms with E-state index in [-0.39, 0.29) is 26.1 Å². The van der Waals surface area contributed by atoms with Crippen LogP contribution in [0.3, 0.4) is 0 Å². The van der Waals surface area contributed by atoms with Crippen molar-refractivity contribution in [2.45, 2.75) is 192 Å². The third-order valence-electron chi connectivity index (χ3n) is 8.46. The summed E-state index contributed by atoms with van der Waals surface area (Å²) >= 11 is 0. The van der Waals surface area contributed by atoms with Gasteiger partial charge in [0.2, 0.25) is 0 Å². The van der Waals surface area contributed by atoms with E-state index in [0.717, 1.165) is 38.5 Å². The van der Waals surface area contributed by atoms with Gasteiger partial charge in [-0.25, -0.2) is 4.79 Å². The number of carbonyl (C=O) groups excluding carboxylic acids is 2. The number of hydrogen-bond donors (Lipinski definition) is 4. The topological polar surface area (TPSA) is 169 Å². The van der Waals surface area contributed by atoms with Crippen molar-refractivity contribution in [2.24, 2.45) is 0 Å². The fourth-order valence-corrected chi connectivity index (χ4v) is 5.52. The van der Waals surface area contributed by atoms with E-state index in [1.807, 2.05) is 0 Å². The van der Waals surface area contributed by atoms with E-state index in [1.165, 1.54) is 77.0 Å². The first-order valence-corrected chi connectivity index (χ1v) is 18.1. The molecule has 0 radical (unpaired) electrons. The number of ether oxygens (including phenoxy) is 4. The molecule has 1 fully saturated rings. The van der Waals surface area contributed by atoms with Crippen molar-refractivity contribution in [3.8, 4) is 0 Å². The number of unbranched alkanes of at least 4 members (excludes halogenated alkanes) is 18. The molecule has 6 atom stereocenters. The summed E-state index contributed by atoms with van der Waals surface area (Å²) in [6.45, 7) is 3.75. The van der Waals surface area contributed by atoms with Crippen LogP contribution >= 0.6 is 0 Å². The van der Waals surface area contributed by atoms with Gasteiger partial charge < -0.3 is 39.4 Å². The van der Waals surface area contributed by atoms with Crippen molar-refractivity contribution in [2.75, 3.05) is 13.2 Å². The van der Waals surface area contributed by atoms with Gasteiger partial charge in [-0.15, -0.1) is 0 Å². The first-order valence-electron chi connectivity index (χ1n) is 18.1. The van der Waals surface area contributed by atoms with Crippen molar-refractivity contribution in [1.29, 1.82) is 0 Å². The van der Waals surface area contributed by atoms with E-state index in [9.17, 15) is 34.8 Å². The van der Waals surface area contributed by atoms with Crippen LogP contribution in [-0.4, -0.2) is 88.4 Å². The lowest BCUT2D eigenvalue weighted by Gasteiger charge is -2.38. The highest BCUT2D eigenvalue weighted by Crippen LogP contribution is 2.23. The zero-order chi connectivity index (χ0) is 34.0. The summed E-state index contributed by atoms with van der Waals surface area (Å²) in [6, 6.07) is 0. The molecule has 4 N–H and O–H groups in total. The summed E-state index contributed by atoms with van der Waals surface area (Å²) in [7, 11) is 0. The predicted octanol–water partition coefficient (Wildman–Crippen LogP) is 5.97. The lowest BCUT2D eigenvalue weighted by atomic mass is 9.99. The fraction of sp³-hybridized carbons (Fsp3) is 0.914. The molecule has 11 nitrogen and oxygen atoms in total. The molecule has 0 aliphatic carbocycles. The van der Waals surface area contributed by atoms with Crippen LogP contribution < -0.4 is 0 Å². The number of carbonyl (C=O) groups is 3. The van der Waals surface area contributed by atoms with Crippen molar-refractivity contribution < 1.29 is 53.8 Å². The number of carboxylic acids is 1. The molecule has 270 valence electrons. The molecule has 0 amide bonds. The zero-order valence-electron chi connectivity index (χ0n) is 28.6. The standard InChI is InChI=1S/C35H64O11/c1-3-5-7-9-11-13-14-16-17-19-21-23-28(36)43-25-27(45-29(37)24-22-20-18-15-12-10-8-6-4-2)26-44-35-32(40)30(38)31(39)33(46-35)34(41)42/h27,30-33,35,38-40H,3-26H2,1-2H3,(H,41,42). The SMILES string of the molecule is CCCCCCCCCCCCCC(=O)OCC(COC1OC(C(=O)O)C(O)C(O)C1O)OC(=O)CCCCCCCCCCC. The maximum Gasteiger partial charge on any atom is 0.335 e. The van der Waals surface area contributed by atoms with E-state index < -0.39 is 54.7 Å². The second-order valence-corrected chi connectivity index (χ2v) is 12.7. The fourth-order valence-electron chi connectivity index (χ4n) is 5.52. The largest absolute Gasteiger partial charge is 0.479 e. The first-order chi connectivity index (χ1) is 22.2. The molecule has 1 rings (SSSR count). The Labute approximate surface area is 276 Å². The van der Waals surface area contributed by atoms with Crippen LogP contribution in [0.5, 0.6) is 0 Å². The van der Waals surface area contributed by atoms with Gasteiger partial charge in [-0.2, -0.15) is 0 Å². The third-order valence-corrected chi connectivity index (χ3v) is 8.46. The number of esters is 2. The number of rotatable bonds is 29. The minimum Gasteiger partial charge on any atom is -0.479 e. The van der Waals surface area contributed by atoms with E-state index in [2.05, 4.69) is 13.8 Å².